The summed E-state index contributed by atoms with van der Waals surface area (Å²) in [5.41, 5.74) is 6.37. The minimum absolute atomic E-state index is 0.0616. The molecule has 10 heteroatoms. The van der Waals surface area contributed by atoms with Crippen molar-refractivity contribution in [3.63, 3.8) is 0 Å². The van der Waals surface area contributed by atoms with Gasteiger partial charge in [0, 0.05) is 32.4 Å². The number of hydrogen-bond donors (Lipinski definition) is 2. The van der Waals surface area contributed by atoms with Crippen molar-refractivity contribution in [1.82, 2.24) is 14.5 Å². The van der Waals surface area contributed by atoms with Crippen molar-refractivity contribution in [2.45, 2.75) is 96.4 Å². The van der Waals surface area contributed by atoms with E-state index in [9.17, 15) is 5.11 Å². The summed E-state index contributed by atoms with van der Waals surface area (Å²) >= 11 is 6.29. The molecule has 9 nitrogen and oxygen atoms in total. The first-order chi connectivity index (χ1) is 17.0. The number of ether oxygens (including phenoxy) is 4. The van der Waals surface area contributed by atoms with Gasteiger partial charge < -0.3 is 34.4 Å². The monoisotopic (exact) mass is 512 g/mol. The van der Waals surface area contributed by atoms with Crippen LogP contribution in [-0.4, -0.2) is 70.5 Å². The number of nitrogens with two attached hydrogens (primary N) is 1. The lowest BCUT2D eigenvalue weighted by Crippen LogP contribution is -2.44. The molecule has 35 heavy (non-hydrogen) atoms. The average molecular weight is 513 g/mol. The number of aliphatic hydroxyl groups excluding tert-OH is 1. The summed E-state index contributed by atoms with van der Waals surface area (Å²) in [6.45, 7) is 8.55. The van der Waals surface area contributed by atoms with Gasteiger partial charge >= 0.3 is 0 Å². The van der Waals surface area contributed by atoms with Crippen LogP contribution >= 0.6 is 11.6 Å². The number of halogens is 1. The van der Waals surface area contributed by atoms with Crippen molar-refractivity contribution in [2.75, 3.05) is 32.2 Å². The minimum Gasteiger partial charge on any atom is -0.388 e. The molecular weight excluding hydrogens is 472 g/mol. The van der Waals surface area contributed by atoms with Gasteiger partial charge in [0.05, 0.1) is 18.1 Å². The van der Waals surface area contributed by atoms with Crippen molar-refractivity contribution in [3.8, 4) is 0 Å². The molecule has 5 atom stereocenters. The van der Waals surface area contributed by atoms with Crippen molar-refractivity contribution in [3.05, 3.63) is 17.4 Å². The van der Waals surface area contributed by atoms with E-state index in [1.165, 1.54) is 0 Å². The fourth-order valence-electron chi connectivity index (χ4n) is 4.24. The Morgan fingerprint density at radius 1 is 1.09 bits per heavy atom. The molecule has 3 rings (SSSR count). The van der Waals surface area contributed by atoms with Gasteiger partial charge in [0.2, 0.25) is 5.95 Å². The standard InChI is InChI=1S/C25H41ClN4O5/c1-4-7-12-32-16-20-21(34-14-9-6-3)19(33-13-8-5-2)15-18(31)24(35-20)30-11-10-17-22(26)28-25(27)29-23(17)30/h10-11,18-21,24,31H,4-9,12-16H2,1-3H3,(H2,27,28,29)/t18-,19-,20-,21+,24-/m1/s1. The Kier molecular flexibility index (Phi) is 11.5. The highest BCUT2D eigenvalue weighted by Crippen LogP contribution is 2.34. The van der Waals surface area contributed by atoms with E-state index in [4.69, 9.17) is 36.3 Å². The summed E-state index contributed by atoms with van der Waals surface area (Å²) in [4.78, 5) is 8.40. The minimum atomic E-state index is -0.870. The molecule has 1 aliphatic rings. The maximum absolute atomic E-state index is 11.3. The van der Waals surface area contributed by atoms with Crippen LogP contribution in [0.1, 0.15) is 71.9 Å². The van der Waals surface area contributed by atoms with Gasteiger partial charge in [-0.15, -0.1) is 0 Å². The van der Waals surface area contributed by atoms with Crippen LogP contribution < -0.4 is 5.73 Å². The predicted octanol–water partition coefficient (Wildman–Crippen LogP) is 4.50. The Hall–Kier alpha value is -1.49. The van der Waals surface area contributed by atoms with Crippen LogP contribution in [-0.2, 0) is 18.9 Å². The summed E-state index contributed by atoms with van der Waals surface area (Å²) in [6.07, 6.45) is 5.32. The second-order valence-electron chi connectivity index (χ2n) is 9.08. The van der Waals surface area contributed by atoms with E-state index in [0.717, 1.165) is 38.5 Å². The van der Waals surface area contributed by atoms with Gasteiger partial charge in [-0.1, -0.05) is 51.6 Å². The van der Waals surface area contributed by atoms with Crippen LogP contribution in [0.4, 0.5) is 5.95 Å². The quantitative estimate of drug-likeness (QED) is 0.281. The Morgan fingerprint density at radius 2 is 1.77 bits per heavy atom. The number of nitrogen functional groups attached to an aromatic ring is 1. The number of aromatic nitrogens is 3. The molecule has 0 radical (unpaired) electrons. The predicted molar refractivity (Wildman–Crippen MR) is 137 cm³/mol. The summed E-state index contributed by atoms with van der Waals surface area (Å²) < 4.78 is 26.9. The Balaban J connectivity index is 1.93. The Morgan fingerprint density at radius 3 is 2.49 bits per heavy atom. The van der Waals surface area contributed by atoms with E-state index in [1.54, 1.807) is 16.8 Å². The van der Waals surface area contributed by atoms with E-state index < -0.39 is 18.4 Å². The highest BCUT2D eigenvalue weighted by molar-refractivity contribution is 6.34. The normalized spacial score (nSPS) is 25.2. The van der Waals surface area contributed by atoms with Crippen LogP contribution in [0.25, 0.3) is 11.0 Å². The molecule has 1 saturated heterocycles. The summed E-state index contributed by atoms with van der Waals surface area (Å²) in [5.74, 6) is 0.0616. The average Bonchev–Trinajstić information content (AvgIpc) is 3.20. The van der Waals surface area contributed by atoms with Gasteiger partial charge in [-0.3, -0.25) is 0 Å². The number of aliphatic hydroxyl groups is 1. The lowest BCUT2D eigenvalue weighted by molar-refractivity contribution is -0.172. The molecule has 0 spiro atoms. The lowest BCUT2D eigenvalue weighted by atomic mass is 10.0. The topological polar surface area (TPSA) is 114 Å². The van der Waals surface area contributed by atoms with E-state index in [1.807, 2.05) is 0 Å². The summed E-state index contributed by atoms with van der Waals surface area (Å²) in [6, 6.07) is 1.80. The molecule has 0 bridgehead atoms. The second-order valence-corrected chi connectivity index (χ2v) is 9.44. The number of nitrogens with zero attached hydrogens (tertiary/aromatic N) is 3. The van der Waals surface area contributed by atoms with Gasteiger partial charge in [-0.25, -0.2) is 4.98 Å². The molecule has 0 aliphatic carbocycles. The molecule has 2 aromatic heterocycles. The molecule has 0 unspecified atom stereocenters. The summed E-state index contributed by atoms with van der Waals surface area (Å²) in [5, 5.41) is 12.2. The highest BCUT2D eigenvalue weighted by atomic mass is 35.5. The van der Waals surface area contributed by atoms with Gasteiger partial charge in [-0.05, 0) is 25.3 Å². The molecular formula is C25H41ClN4O5. The van der Waals surface area contributed by atoms with E-state index in [-0.39, 0.29) is 23.3 Å². The number of rotatable bonds is 14. The summed E-state index contributed by atoms with van der Waals surface area (Å²) in [7, 11) is 0. The van der Waals surface area contributed by atoms with E-state index in [2.05, 4.69) is 30.7 Å². The van der Waals surface area contributed by atoms with Gasteiger partial charge in [-0.2, -0.15) is 4.98 Å². The molecule has 1 aliphatic heterocycles. The first kappa shape index (κ1) is 28.1. The van der Waals surface area contributed by atoms with E-state index in [0.29, 0.717) is 43.9 Å². The van der Waals surface area contributed by atoms with Gasteiger partial charge in [0.25, 0.3) is 0 Å². The zero-order valence-electron chi connectivity index (χ0n) is 21.2. The largest absolute Gasteiger partial charge is 0.388 e. The Labute approximate surface area is 213 Å². The second kappa shape index (κ2) is 14.3. The molecule has 198 valence electrons. The fourth-order valence-corrected chi connectivity index (χ4v) is 4.48. The van der Waals surface area contributed by atoms with Crippen LogP contribution in [0.3, 0.4) is 0 Å². The molecule has 1 fully saturated rings. The molecule has 0 amide bonds. The van der Waals surface area contributed by atoms with Gasteiger partial charge in [0.15, 0.2) is 6.23 Å². The zero-order chi connectivity index (χ0) is 25.2. The maximum Gasteiger partial charge on any atom is 0.223 e. The van der Waals surface area contributed by atoms with Crippen LogP contribution in [0.15, 0.2) is 12.3 Å². The highest BCUT2D eigenvalue weighted by Gasteiger charge is 2.42. The number of hydrogen-bond acceptors (Lipinski definition) is 8. The number of anilines is 1. The van der Waals surface area contributed by atoms with Crippen molar-refractivity contribution in [1.29, 1.82) is 0 Å². The maximum atomic E-state index is 11.3. The van der Waals surface area contributed by atoms with Crippen molar-refractivity contribution >= 4 is 28.6 Å². The molecule has 3 N–H and O–H groups in total. The first-order valence-electron chi connectivity index (χ1n) is 12.9. The molecule has 3 heterocycles. The Bertz CT molecular complexity index is 898. The smallest absolute Gasteiger partial charge is 0.223 e. The first-order valence-corrected chi connectivity index (χ1v) is 13.3. The third-order valence-corrected chi connectivity index (χ3v) is 6.52. The van der Waals surface area contributed by atoms with Crippen molar-refractivity contribution < 1.29 is 24.1 Å². The van der Waals surface area contributed by atoms with Crippen LogP contribution in [0, 0.1) is 0 Å². The van der Waals surface area contributed by atoms with Crippen LogP contribution in [0.2, 0.25) is 5.15 Å². The fraction of sp³-hybridized carbons (Fsp3) is 0.760. The van der Waals surface area contributed by atoms with Crippen LogP contribution in [0.5, 0.6) is 0 Å². The molecule has 0 saturated carbocycles. The third kappa shape index (κ3) is 7.50. The zero-order valence-corrected chi connectivity index (χ0v) is 22.0. The third-order valence-electron chi connectivity index (χ3n) is 6.23. The van der Waals surface area contributed by atoms with Crippen molar-refractivity contribution in [2.24, 2.45) is 0 Å². The lowest BCUT2D eigenvalue weighted by Gasteiger charge is -2.31. The SMILES string of the molecule is CCCCOC[C@H]1O[C@@H](n2ccc3c(Cl)nc(N)nc32)[C@H](O)C[C@@H](OCCCC)[C@@H]1OCCCC. The molecule has 2 aromatic rings. The van der Waals surface area contributed by atoms with E-state index >= 15 is 0 Å². The van der Waals surface area contributed by atoms with Gasteiger partial charge in [0.1, 0.15) is 29.1 Å². The number of unbranched alkanes of at least 4 members (excludes halogenated alkanes) is 3. The number of fused-ring (bicyclic) bond motifs is 1. The molecule has 0 aromatic carbocycles.